The van der Waals surface area contributed by atoms with E-state index in [1.54, 1.807) is 6.92 Å². The van der Waals surface area contributed by atoms with E-state index in [9.17, 15) is 4.79 Å². The van der Waals surface area contributed by atoms with Crippen LogP contribution < -0.4 is 11.1 Å². The highest BCUT2D eigenvalue weighted by Gasteiger charge is 2.17. The molecule has 0 aliphatic rings. The van der Waals surface area contributed by atoms with Crippen molar-refractivity contribution < 1.29 is 4.79 Å². The van der Waals surface area contributed by atoms with Crippen molar-refractivity contribution in [2.75, 3.05) is 6.54 Å². The molecule has 0 fully saturated rings. The monoisotopic (exact) mass is 262 g/mol. The van der Waals surface area contributed by atoms with Gasteiger partial charge in [0.25, 0.3) is 0 Å². The lowest BCUT2D eigenvalue weighted by molar-refractivity contribution is -0.119. The van der Waals surface area contributed by atoms with Crippen LogP contribution in [0.4, 0.5) is 0 Å². The van der Waals surface area contributed by atoms with Crippen LogP contribution in [-0.4, -0.2) is 23.9 Å². The molecule has 0 radical (unpaired) electrons. The first-order chi connectivity index (χ1) is 8.88. The van der Waals surface area contributed by atoms with E-state index in [1.165, 1.54) is 5.56 Å². The number of benzene rings is 1. The van der Waals surface area contributed by atoms with E-state index in [0.29, 0.717) is 6.54 Å². The molecule has 0 aromatic heterocycles. The summed E-state index contributed by atoms with van der Waals surface area (Å²) in [7, 11) is 0. The van der Waals surface area contributed by atoms with Gasteiger partial charge in [-0.1, -0.05) is 30.3 Å². The fourth-order valence-electron chi connectivity index (χ4n) is 1.99. The second-order valence-corrected chi connectivity index (χ2v) is 5.91. The molecule has 3 N–H and O–H groups in total. The minimum Gasteiger partial charge on any atom is -0.324 e. The molecule has 0 spiro atoms. The highest BCUT2D eigenvalue weighted by molar-refractivity contribution is 5.81. The van der Waals surface area contributed by atoms with Crippen LogP contribution in [0, 0.1) is 0 Å². The number of ketones is 1. The molecule has 0 bridgehead atoms. The zero-order chi connectivity index (χ0) is 14.3. The molecular weight excluding hydrogens is 236 g/mol. The predicted molar refractivity (Wildman–Crippen MR) is 80.1 cm³/mol. The zero-order valence-corrected chi connectivity index (χ0v) is 12.3. The number of carbonyl (C=O) groups is 1. The fourth-order valence-corrected chi connectivity index (χ4v) is 1.99. The maximum Gasteiger partial charge on any atom is 0.146 e. The molecule has 106 valence electrons. The Morgan fingerprint density at radius 2 is 1.95 bits per heavy atom. The molecule has 0 saturated carbocycles. The average Bonchev–Trinajstić information content (AvgIpc) is 2.33. The molecule has 0 amide bonds. The molecule has 0 aliphatic heterocycles. The Bertz CT molecular complexity index is 381. The van der Waals surface area contributed by atoms with Gasteiger partial charge in [-0.15, -0.1) is 0 Å². The Hall–Kier alpha value is -1.19. The second-order valence-electron chi connectivity index (χ2n) is 5.91. The molecule has 3 heteroatoms. The lowest BCUT2D eigenvalue weighted by atomic mass is 10.0. The topological polar surface area (TPSA) is 55.1 Å². The number of nitrogens with two attached hydrogens (primary N) is 1. The first-order valence-electron chi connectivity index (χ1n) is 6.95. The summed E-state index contributed by atoms with van der Waals surface area (Å²) in [6.07, 6.45) is 2.88. The Kier molecular flexibility index (Phi) is 6.19. The van der Waals surface area contributed by atoms with E-state index in [-0.39, 0.29) is 17.4 Å². The van der Waals surface area contributed by atoms with Crippen molar-refractivity contribution in [1.82, 2.24) is 5.32 Å². The van der Waals surface area contributed by atoms with Crippen LogP contribution in [0.2, 0.25) is 0 Å². The lowest BCUT2D eigenvalue weighted by Crippen LogP contribution is -2.48. The van der Waals surface area contributed by atoms with Crippen LogP contribution in [0.5, 0.6) is 0 Å². The molecule has 1 unspecified atom stereocenters. The molecule has 1 aromatic carbocycles. The Morgan fingerprint density at radius 1 is 1.32 bits per heavy atom. The number of hydrogen-bond donors (Lipinski definition) is 2. The fraction of sp³-hybridized carbons (Fsp3) is 0.562. The van der Waals surface area contributed by atoms with Crippen molar-refractivity contribution in [2.45, 2.75) is 51.6 Å². The van der Waals surface area contributed by atoms with Crippen LogP contribution in [0.3, 0.4) is 0 Å². The number of rotatable bonds is 8. The van der Waals surface area contributed by atoms with E-state index in [4.69, 9.17) is 5.73 Å². The highest BCUT2D eigenvalue weighted by Crippen LogP contribution is 2.08. The zero-order valence-electron chi connectivity index (χ0n) is 12.3. The smallest absolute Gasteiger partial charge is 0.146 e. The first kappa shape index (κ1) is 15.9. The summed E-state index contributed by atoms with van der Waals surface area (Å²) in [5.74, 6) is 0.192. The van der Waals surface area contributed by atoms with Gasteiger partial charge in [0.1, 0.15) is 5.78 Å². The summed E-state index contributed by atoms with van der Waals surface area (Å²) >= 11 is 0. The van der Waals surface area contributed by atoms with Gasteiger partial charge in [0.15, 0.2) is 0 Å². The molecule has 0 aliphatic carbocycles. The second kappa shape index (κ2) is 7.41. The number of hydrogen-bond acceptors (Lipinski definition) is 3. The number of nitrogens with one attached hydrogen (secondary N) is 1. The quantitative estimate of drug-likeness (QED) is 0.756. The number of carbonyl (C=O) groups excluding carboxylic acids is 1. The van der Waals surface area contributed by atoms with E-state index in [2.05, 4.69) is 17.4 Å². The van der Waals surface area contributed by atoms with Gasteiger partial charge in [0.2, 0.25) is 0 Å². The van der Waals surface area contributed by atoms with Crippen molar-refractivity contribution in [3.05, 3.63) is 35.9 Å². The van der Waals surface area contributed by atoms with Crippen LogP contribution in [0.25, 0.3) is 0 Å². The molecule has 1 aromatic rings. The summed E-state index contributed by atoms with van der Waals surface area (Å²) in [6.45, 7) is 6.22. The minimum absolute atomic E-state index is 0.0773. The molecule has 1 rings (SSSR count). The first-order valence-corrected chi connectivity index (χ1v) is 6.95. The average molecular weight is 262 g/mol. The van der Waals surface area contributed by atoms with Gasteiger partial charge in [-0.2, -0.15) is 0 Å². The predicted octanol–water partition coefficient (Wildman–Crippen LogP) is 2.29. The normalized spacial score (nSPS) is 13.3. The summed E-state index contributed by atoms with van der Waals surface area (Å²) in [4.78, 5) is 11.6. The molecular formula is C16H26N2O. The third kappa shape index (κ3) is 7.09. The van der Waals surface area contributed by atoms with Gasteiger partial charge in [-0.05, 0) is 45.6 Å². The highest BCUT2D eigenvalue weighted by atomic mass is 16.1. The lowest BCUT2D eigenvalue weighted by Gasteiger charge is -2.23. The molecule has 3 nitrogen and oxygen atoms in total. The van der Waals surface area contributed by atoms with E-state index in [1.807, 2.05) is 32.0 Å². The van der Waals surface area contributed by atoms with Crippen LogP contribution in [0.1, 0.15) is 39.2 Å². The summed E-state index contributed by atoms with van der Waals surface area (Å²) in [6, 6.07) is 10.3. The van der Waals surface area contributed by atoms with Crippen molar-refractivity contribution >= 4 is 5.78 Å². The van der Waals surface area contributed by atoms with E-state index in [0.717, 1.165) is 19.3 Å². The third-order valence-electron chi connectivity index (χ3n) is 3.10. The SMILES string of the molecule is CC(=O)C(CCCc1ccccc1)NCC(C)(C)N. The standard InChI is InChI=1S/C16H26N2O/c1-13(19)15(18-12-16(2,3)17)11-7-10-14-8-5-4-6-9-14/h4-6,8-9,15,18H,7,10-12,17H2,1-3H3. The van der Waals surface area contributed by atoms with Gasteiger partial charge in [-0.25, -0.2) is 0 Å². The van der Waals surface area contributed by atoms with Crippen molar-refractivity contribution in [3.63, 3.8) is 0 Å². The third-order valence-corrected chi connectivity index (χ3v) is 3.10. The van der Waals surface area contributed by atoms with Crippen molar-refractivity contribution in [3.8, 4) is 0 Å². The van der Waals surface area contributed by atoms with Crippen LogP contribution >= 0.6 is 0 Å². The van der Waals surface area contributed by atoms with Gasteiger partial charge >= 0.3 is 0 Å². The molecule has 19 heavy (non-hydrogen) atoms. The van der Waals surface area contributed by atoms with Crippen LogP contribution in [-0.2, 0) is 11.2 Å². The Balaban J connectivity index is 2.36. The van der Waals surface area contributed by atoms with Crippen molar-refractivity contribution in [1.29, 1.82) is 0 Å². The van der Waals surface area contributed by atoms with Gasteiger partial charge < -0.3 is 11.1 Å². The van der Waals surface area contributed by atoms with Crippen LogP contribution in [0.15, 0.2) is 30.3 Å². The molecule has 0 saturated heterocycles. The minimum atomic E-state index is -0.285. The molecule has 1 atom stereocenters. The maximum atomic E-state index is 11.6. The Labute approximate surface area is 116 Å². The largest absolute Gasteiger partial charge is 0.324 e. The Morgan fingerprint density at radius 3 is 2.47 bits per heavy atom. The van der Waals surface area contributed by atoms with E-state index < -0.39 is 0 Å². The van der Waals surface area contributed by atoms with Gasteiger partial charge in [0, 0.05) is 12.1 Å². The maximum absolute atomic E-state index is 11.6. The summed E-state index contributed by atoms with van der Waals surface area (Å²) in [5.41, 5.74) is 6.97. The van der Waals surface area contributed by atoms with Gasteiger partial charge in [0.05, 0.1) is 6.04 Å². The summed E-state index contributed by atoms with van der Waals surface area (Å²) in [5, 5.41) is 3.27. The van der Waals surface area contributed by atoms with Crippen molar-refractivity contribution in [2.24, 2.45) is 5.73 Å². The molecule has 0 heterocycles. The number of Topliss-reactive ketones (excluding diaryl/α,β-unsaturated/α-hetero) is 1. The number of aryl methyl sites for hydroxylation is 1. The van der Waals surface area contributed by atoms with E-state index >= 15 is 0 Å². The van der Waals surface area contributed by atoms with Gasteiger partial charge in [-0.3, -0.25) is 4.79 Å². The summed E-state index contributed by atoms with van der Waals surface area (Å²) < 4.78 is 0.